The van der Waals surface area contributed by atoms with Gasteiger partial charge in [-0.15, -0.1) is 0 Å². The van der Waals surface area contributed by atoms with Crippen LogP contribution in [0.1, 0.15) is 34.7 Å². The number of methoxy groups -OCH3 is 1. The number of rotatable bonds is 8. The van der Waals surface area contributed by atoms with E-state index in [4.69, 9.17) is 9.72 Å². The molecular formula is C26H26N4O3. The van der Waals surface area contributed by atoms with Gasteiger partial charge in [0.2, 0.25) is 5.91 Å². The standard InChI is InChI=1S/C26H26N4O3/c1-18(28-26(32)20-8-4-3-5-9-20)25-29-22-10-6-7-11-23(22)30(25)17-24(31)27-16-19-12-14-21(33-2)15-13-19/h3-15,18H,16-17H2,1-2H3,(H,27,31)(H,28,32). The molecule has 1 aromatic heterocycles. The summed E-state index contributed by atoms with van der Waals surface area (Å²) in [7, 11) is 1.62. The zero-order chi connectivity index (χ0) is 23.2. The molecule has 7 heteroatoms. The summed E-state index contributed by atoms with van der Waals surface area (Å²) in [6, 6.07) is 23.8. The minimum atomic E-state index is -0.389. The molecule has 2 N–H and O–H groups in total. The van der Waals surface area contributed by atoms with E-state index in [1.54, 1.807) is 19.2 Å². The summed E-state index contributed by atoms with van der Waals surface area (Å²) in [5, 5.41) is 5.95. The molecule has 4 aromatic rings. The van der Waals surface area contributed by atoms with Gasteiger partial charge in [-0.2, -0.15) is 0 Å². The summed E-state index contributed by atoms with van der Waals surface area (Å²) in [5.41, 5.74) is 3.16. The predicted molar refractivity (Wildman–Crippen MR) is 127 cm³/mol. The number of para-hydroxylation sites is 2. The Labute approximate surface area is 192 Å². The maximum atomic E-state index is 12.8. The van der Waals surface area contributed by atoms with Gasteiger partial charge in [0.25, 0.3) is 5.91 Å². The van der Waals surface area contributed by atoms with Gasteiger partial charge in [0.05, 0.1) is 24.2 Å². The Morgan fingerprint density at radius 1 is 0.970 bits per heavy atom. The van der Waals surface area contributed by atoms with Crippen molar-refractivity contribution in [3.63, 3.8) is 0 Å². The van der Waals surface area contributed by atoms with Gasteiger partial charge in [-0.3, -0.25) is 9.59 Å². The number of hydrogen-bond acceptors (Lipinski definition) is 4. The van der Waals surface area contributed by atoms with Gasteiger partial charge in [0.1, 0.15) is 18.1 Å². The van der Waals surface area contributed by atoms with E-state index < -0.39 is 0 Å². The summed E-state index contributed by atoms with van der Waals surface area (Å²) in [4.78, 5) is 30.1. The molecule has 0 spiro atoms. The second kappa shape index (κ2) is 9.99. The number of carbonyl (C=O) groups is 2. The second-order valence-electron chi connectivity index (χ2n) is 7.73. The second-order valence-corrected chi connectivity index (χ2v) is 7.73. The average Bonchev–Trinajstić information content (AvgIpc) is 3.22. The van der Waals surface area contributed by atoms with Crippen LogP contribution in [-0.2, 0) is 17.9 Å². The van der Waals surface area contributed by atoms with Crippen LogP contribution >= 0.6 is 0 Å². The van der Waals surface area contributed by atoms with E-state index in [0.717, 1.165) is 22.3 Å². The highest BCUT2D eigenvalue weighted by Crippen LogP contribution is 2.21. The molecule has 1 unspecified atom stereocenters. The number of ether oxygens (including phenoxy) is 1. The smallest absolute Gasteiger partial charge is 0.251 e. The Morgan fingerprint density at radius 3 is 2.39 bits per heavy atom. The zero-order valence-electron chi connectivity index (χ0n) is 18.6. The lowest BCUT2D eigenvalue weighted by atomic mass is 10.2. The largest absolute Gasteiger partial charge is 0.497 e. The molecule has 0 aliphatic carbocycles. The Bertz CT molecular complexity index is 1250. The summed E-state index contributed by atoms with van der Waals surface area (Å²) in [5.74, 6) is 1.06. The van der Waals surface area contributed by atoms with Gasteiger partial charge < -0.3 is 19.9 Å². The van der Waals surface area contributed by atoms with Crippen molar-refractivity contribution in [1.29, 1.82) is 0 Å². The van der Waals surface area contributed by atoms with Crippen molar-refractivity contribution in [3.8, 4) is 5.75 Å². The highest BCUT2D eigenvalue weighted by atomic mass is 16.5. The molecule has 168 valence electrons. The van der Waals surface area contributed by atoms with E-state index in [9.17, 15) is 9.59 Å². The molecule has 0 aliphatic heterocycles. The molecule has 3 aromatic carbocycles. The molecule has 7 nitrogen and oxygen atoms in total. The normalized spacial score (nSPS) is 11.7. The van der Waals surface area contributed by atoms with Gasteiger partial charge in [0, 0.05) is 12.1 Å². The number of amides is 2. The van der Waals surface area contributed by atoms with Crippen molar-refractivity contribution < 1.29 is 14.3 Å². The monoisotopic (exact) mass is 442 g/mol. The van der Waals surface area contributed by atoms with Crippen molar-refractivity contribution in [1.82, 2.24) is 20.2 Å². The number of hydrogen-bond donors (Lipinski definition) is 2. The fourth-order valence-electron chi connectivity index (χ4n) is 3.67. The van der Waals surface area contributed by atoms with E-state index >= 15 is 0 Å². The van der Waals surface area contributed by atoms with Crippen LogP contribution in [0.2, 0.25) is 0 Å². The van der Waals surface area contributed by atoms with Crippen LogP contribution < -0.4 is 15.4 Å². The number of nitrogens with zero attached hydrogens (tertiary/aromatic N) is 2. The predicted octanol–water partition coefficient (Wildman–Crippen LogP) is 3.85. The molecule has 0 radical (unpaired) electrons. The lowest BCUT2D eigenvalue weighted by Gasteiger charge is -2.16. The average molecular weight is 443 g/mol. The van der Waals surface area contributed by atoms with Crippen LogP contribution in [0.15, 0.2) is 78.9 Å². The summed E-state index contributed by atoms with van der Waals surface area (Å²) >= 11 is 0. The summed E-state index contributed by atoms with van der Waals surface area (Å²) < 4.78 is 7.03. The van der Waals surface area contributed by atoms with Crippen LogP contribution in [0.4, 0.5) is 0 Å². The lowest BCUT2D eigenvalue weighted by Crippen LogP contribution is -2.31. The van der Waals surface area contributed by atoms with Gasteiger partial charge in [-0.1, -0.05) is 42.5 Å². The first-order valence-corrected chi connectivity index (χ1v) is 10.8. The molecule has 0 saturated heterocycles. The SMILES string of the molecule is COc1ccc(CNC(=O)Cn2c(C(C)NC(=O)c3ccccc3)nc3ccccc32)cc1. The number of carbonyl (C=O) groups excluding carboxylic acids is 2. The quantitative estimate of drug-likeness (QED) is 0.434. The molecule has 0 bridgehead atoms. The molecule has 1 atom stereocenters. The van der Waals surface area contributed by atoms with Crippen molar-refractivity contribution in [2.24, 2.45) is 0 Å². The Morgan fingerprint density at radius 2 is 1.67 bits per heavy atom. The molecule has 0 fully saturated rings. The first-order chi connectivity index (χ1) is 16.0. The number of imidazole rings is 1. The third-order valence-electron chi connectivity index (χ3n) is 5.41. The van der Waals surface area contributed by atoms with Gasteiger partial charge in [-0.05, 0) is 48.9 Å². The molecule has 0 saturated carbocycles. The Kier molecular flexibility index (Phi) is 6.69. The van der Waals surface area contributed by atoms with E-state index in [-0.39, 0.29) is 24.4 Å². The minimum absolute atomic E-state index is 0.0948. The summed E-state index contributed by atoms with van der Waals surface area (Å²) in [6.07, 6.45) is 0. The topological polar surface area (TPSA) is 85.2 Å². The van der Waals surface area contributed by atoms with Crippen LogP contribution in [0, 0.1) is 0 Å². The lowest BCUT2D eigenvalue weighted by molar-refractivity contribution is -0.121. The summed E-state index contributed by atoms with van der Waals surface area (Å²) in [6.45, 7) is 2.37. The fraction of sp³-hybridized carbons (Fsp3) is 0.192. The number of benzene rings is 3. The fourth-order valence-corrected chi connectivity index (χ4v) is 3.67. The third kappa shape index (κ3) is 5.20. The van der Waals surface area contributed by atoms with Crippen LogP contribution in [0.5, 0.6) is 5.75 Å². The molecule has 0 aliphatic rings. The van der Waals surface area contributed by atoms with Crippen LogP contribution in [-0.4, -0.2) is 28.5 Å². The van der Waals surface area contributed by atoms with Crippen molar-refractivity contribution in [2.45, 2.75) is 26.1 Å². The first kappa shape index (κ1) is 22.1. The first-order valence-electron chi connectivity index (χ1n) is 10.8. The molecule has 1 heterocycles. The maximum Gasteiger partial charge on any atom is 0.251 e. The number of fused-ring (bicyclic) bond motifs is 1. The van der Waals surface area contributed by atoms with E-state index in [2.05, 4.69) is 10.6 Å². The van der Waals surface area contributed by atoms with Gasteiger partial charge in [0.15, 0.2) is 0 Å². The molecule has 4 rings (SSSR count). The molecule has 2 amide bonds. The van der Waals surface area contributed by atoms with E-state index in [1.165, 1.54) is 0 Å². The Balaban J connectivity index is 1.50. The van der Waals surface area contributed by atoms with Crippen molar-refractivity contribution in [2.75, 3.05) is 7.11 Å². The van der Waals surface area contributed by atoms with Gasteiger partial charge in [-0.25, -0.2) is 4.98 Å². The van der Waals surface area contributed by atoms with Crippen LogP contribution in [0.25, 0.3) is 11.0 Å². The number of nitrogens with one attached hydrogen (secondary N) is 2. The molecule has 33 heavy (non-hydrogen) atoms. The maximum absolute atomic E-state index is 12.8. The Hall–Kier alpha value is -4.13. The van der Waals surface area contributed by atoms with Crippen molar-refractivity contribution in [3.05, 3.63) is 95.8 Å². The number of aromatic nitrogens is 2. The van der Waals surface area contributed by atoms with Gasteiger partial charge >= 0.3 is 0 Å². The van der Waals surface area contributed by atoms with E-state index in [0.29, 0.717) is 17.9 Å². The van der Waals surface area contributed by atoms with Crippen LogP contribution in [0.3, 0.4) is 0 Å². The van der Waals surface area contributed by atoms with E-state index in [1.807, 2.05) is 78.2 Å². The minimum Gasteiger partial charge on any atom is -0.497 e. The third-order valence-corrected chi connectivity index (χ3v) is 5.41. The highest BCUT2D eigenvalue weighted by molar-refractivity contribution is 5.94. The highest BCUT2D eigenvalue weighted by Gasteiger charge is 2.20. The van der Waals surface area contributed by atoms with Crippen molar-refractivity contribution >= 4 is 22.8 Å². The molecular weight excluding hydrogens is 416 g/mol. The zero-order valence-corrected chi connectivity index (χ0v) is 18.6.